The van der Waals surface area contributed by atoms with Crippen LogP contribution in [0.3, 0.4) is 0 Å². The van der Waals surface area contributed by atoms with Crippen molar-refractivity contribution in [2.24, 2.45) is 5.16 Å². The number of carbonyl (C=O) groups is 1. The van der Waals surface area contributed by atoms with E-state index in [1.807, 2.05) is 24.3 Å². The SMILES string of the molecule is O=C1ON=C(c2ccc(Br)cc2)C1=Cc1ccc([N+](=O)[O-])cc1. The smallest absolute Gasteiger partial charge is 0.312 e. The fraction of sp³-hybridized carbons (Fsp3) is 0. The normalized spacial score (nSPS) is 15.4. The topological polar surface area (TPSA) is 81.8 Å². The predicted octanol–water partition coefficient (Wildman–Crippen LogP) is 3.70. The van der Waals surface area contributed by atoms with Crippen LogP contribution in [-0.4, -0.2) is 16.6 Å². The third kappa shape index (κ3) is 3.19. The number of rotatable bonds is 3. The molecule has 1 aliphatic rings. The number of carbonyl (C=O) groups excluding carboxylic acids is 1. The predicted molar refractivity (Wildman–Crippen MR) is 87.8 cm³/mol. The van der Waals surface area contributed by atoms with Crippen molar-refractivity contribution in [2.45, 2.75) is 0 Å². The lowest BCUT2D eigenvalue weighted by Crippen LogP contribution is -2.06. The van der Waals surface area contributed by atoms with Gasteiger partial charge in [0.1, 0.15) is 5.71 Å². The molecule has 1 aliphatic heterocycles. The summed E-state index contributed by atoms with van der Waals surface area (Å²) in [5.74, 6) is -0.554. The summed E-state index contributed by atoms with van der Waals surface area (Å²) >= 11 is 3.35. The van der Waals surface area contributed by atoms with Crippen molar-refractivity contribution >= 4 is 39.4 Å². The van der Waals surface area contributed by atoms with E-state index in [0.29, 0.717) is 16.8 Å². The second-order valence-electron chi connectivity index (χ2n) is 4.73. The number of nitrogens with zero attached hydrogens (tertiary/aromatic N) is 2. The van der Waals surface area contributed by atoms with E-state index in [1.54, 1.807) is 18.2 Å². The maximum Gasteiger partial charge on any atom is 0.368 e. The molecular weight excluding hydrogens is 364 g/mol. The monoisotopic (exact) mass is 372 g/mol. The summed E-state index contributed by atoms with van der Waals surface area (Å²) in [6.07, 6.45) is 1.60. The van der Waals surface area contributed by atoms with Crippen LogP contribution in [0.5, 0.6) is 0 Å². The minimum absolute atomic E-state index is 0.0112. The van der Waals surface area contributed by atoms with Crippen LogP contribution in [0.25, 0.3) is 6.08 Å². The highest BCUT2D eigenvalue weighted by molar-refractivity contribution is 9.10. The van der Waals surface area contributed by atoms with Gasteiger partial charge in [0.2, 0.25) is 0 Å². The molecule has 0 saturated heterocycles. The number of oxime groups is 1. The molecule has 0 bridgehead atoms. The standard InChI is InChI=1S/C16H9BrN2O4/c17-12-5-3-11(4-6-12)15-14(16(20)23-18-15)9-10-1-7-13(8-2-10)19(21)22/h1-9H. The third-order valence-corrected chi connectivity index (χ3v) is 3.76. The summed E-state index contributed by atoms with van der Waals surface area (Å²) in [6, 6.07) is 13.2. The quantitative estimate of drug-likeness (QED) is 0.356. The van der Waals surface area contributed by atoms with E-state index in [9.17, 15) is 14.9 Å². The van der Waals surface area contributed by atoms with Crippen molar-refractivity contribution in [1.82, 2.24) is 0 Å². The number of nitro groups is 1. The van der Waals surface area contributed by atoms with Gasteiger partial charge in [-0.1, -0.05) is 33.2 Å². The Bertz CT molecular complexity index is 839. The largest absolute Gasteiger partial charge is 0.368 e. The van der Waals surface area contributed by atoms with Crippen molar-refractivity contribution in [2.75, 3.05) is 0 Å². The van der Waals surface area contributed by atoms with Crippen molar-refractivity contribution < 1.29 is 14.6 Å². The maximum absolute atomic E-state index is 11.9. The lowest BCUT2D eigenvalue weighted by atomic mass is 10.0. The molecule has 23 heavy (non-hydrogen) atoms. The third-order valence-electron chi connectivity index (χ3n) is 3.23. The zero-order chi connectivity index (χ0) is 16.4. The van der Waals surface area contributed by atoms with Gasteiger partial charge >= 0.3 is 5.97 Å². The zero-order valence-electron chi connectivity index (χ0n) is 11.6. The minimum Gasteiger partial charge on any atom is -0.312 e. The van der Waals surface area contributed by atoms with Gasteiger partial charge in [0.05, 0.1) is 10.5 Å². The molecule has 0 aromatic heterocycles. The lowest BCUT2D eigenvalue weighted by Gasteiger charge is -2.01. The Hall–Kier alpha value is -2.80. The number of non-ortho nitro benzene ring substituents is 1. The summed E-state index contributed by atoms with van der Waals surface area (Å²) < 4.78 is 0.910. The molecule has 0 saturated carbocycles. The summed E-state index contributed by atoms with van der Waals surface area (Å²) in [5.41, 5.74) is 2.12. The first kappa shape index (κ1) is 15.1. The lowest BCUT2D eigenvalue weighted by molar-refractivity contribution is -0.384. The molecule has 0 atom stereocenters. The van der Waals surface area contributed by atoms with Crippen molar-refractivity contribution in [3.05, 3.63) is 79.8 Å². The molecule has 1 heterocycles. The Morgan fingerprint density at radius 2 is 1.74 bits per heavy atom. The summed E-state index contributed by atoms with van der Waals surface area (Å²) in [5, 5.41) is 14.5. The van der Waals surface area contributed by atoms with E-state index in [2.05, 4.69) is 21.1 Å². The molecule has 2 aromatic rings. The van der Waals surface area contributed by atoms with Crippen LogP contribution in [-0.2, 0) is 9.63 Å². The van der Waals surface area contributed by atoms with Gasteiger partial charge in [0.25, 0.3) is 5.69 Å². The van der Waals surface area contributed by atoms with E-state index in [-0.39, 0.29) is 5.69 Å². The van der Waals surface area contributed by atoms with E-state index < -0.39 is 10.9 Å². The van der Waals surface area contributed by atoms with E-state index in [0.717, 1.165) is 10.0 Å². The van der Waals surface area contributed by atoms with Gasteiger partial charge in [0.15, 0.2) is 0 Å². The molecular formula is C16H9BrN2O4. The molecule has 2 aromatic carbocycles. The highest BCUT2D eigenvalue weighted by Crippen LogP contribution is 2.23. The number of nitro benzene ring substituents is 1. The van der Waals surface area contributed by atoms with Crippen molar-refractivity contribution in [3.8, 4) is 0 Å². The molecule has 0 amide bonds. The van der Waals surface area contributed by atoms with Crippen molar-refractivity contribution in [3.63, 3.8) is 0 Å². The summed E-state index contributed by atoms with van der Waals surface area (Å²) in [4.78, 5) is 26.8. The molecule has 0 spiro atoms. The summed E-state index contributed by atoms with van der Waals surface area (Å²) in [6.45, 7) is 0. The maximum atomic E-state index is 11.9. The van der Waals surface area contributed by atoms with Crippen LogP contribution >= 0.6 is 15.9 Å². The van der Waals surface area contributed by atoms with Gasteiger partial charge in [0, 0.05) is 22.2 Å². The molecule has 6 nitrogen and oxygen atoms in total. The van der Waals surface area contributed by atoms with E-state index >= 15 is 0 Å². The zero-order valence-corrected chi connectivity index (χ0v) is 13.2. The summed E-state index contributed by atoms with van der Waals surface area (Å²) in [7, 11) is 0. The van der Waals surface area contributed by atoms with Gasteiger partial charge in [-0.2, -0.15) is 0 Å². The van der Waals surface area contributed by atoms with Crippen LogP contribution in [0.15, 0.2) is 63.7 Å². The Morgan fingerprint density at radius 1 is 1.09 bits per heavy atom. The molecule has 7 heteroatoms. The Balaban J connectivity index is 1.95. The van der Waals surface area contributed by atoms with Crippen LogP contribution in [0.1, 0.15) is 11.1 Å². The molecule has 0 radical (unpaired) electrons. The molecule has 114 valence electrons. The number of halogens is 1. The van der Waals surface area contributed by atoms with Crippen LogP contribution < -0.4 is 0 Å². The first-order valence-corrected chi connectivity index (χ1v) is 7.36. The van der Waals surface area contributed by atoms with Crippen LogP contribution in [0.4, 0.5) is 5.69 Å². The second-order valence-corrected chi connectivity index (χ2v) is 5.65. The minimum atomic E-state index is -0.554. The number of hydrogen-bond acceptors (Lipinski definition) is 5. The molecule has 0 N–H and O–H groups in total. The molecule has 0 unspecified atom stereocenters. The van der Waals surface area contributed by atoms with Crippen molar-refractivity contribution in [1.29, 1.82) is 0 Å². The molecule has 0 aliphatic carbocycles. The second kappa shape index (κ2) is 6.13. The average molecular weight is 373 g/mol. The Labute approximate surface area is 139 Å². The number of benzene rings is 2. The fourth-order valence-corrected chi connectivity index (χ4v) is 2.35. The van der Waals surface area contributed by atoms with Crippen LogP contribution in [0.2, 0.25) is 0 Å². The highest BCUT2D eigenvalue weighted by Gasteiger charge is 2.26. The van der Waals surface area contributed by atoms with Gasteiger partial charge in [-0.05, 0) is 35.9 Å². The fourth-order valence-electron chi connectivity index (χ4n) is 2.08. The van der Waals surface area contributed by atoms with Gasteiger partial charge in [-0.25, -0.2) is 4.79 Å². The first-order chi connectivity index (χ1) is 11.0. The average Bonchev–Trinajstić information content (AvgIpc) is 2.90. The van der Waals surface area contributed by atoms with Gasteiger partial charge < -0.3 is 4.84 Å². The van der Waals surface area contributed by atoms with E-state index in [1.165, 1.54) is 12.1 Å². The van der Waals surface area contributed by atoms with Gasteiger partial charge in [-0.15, -0.1) is 0 Å². The van der Waals surface area contributed by atoms with Gasteiger partial charge in [-0.3, -0.25) is 10.1 Å². The highest BCUT2D eigenvalue weighted by atomic mass is 79.9. The van der Waals surface area contributed by atoms with E-state index in [4.69, 9.17) is 4.84 Å². The Morgan fingerprint density at radius 3 is 2.35 bits per heavy atom. The first-order valence-electron chi connectivity index (χ1n) is 6.56. The Kier molecular flexibility index (Phi) is 4.03. The number of hydrogen-bond donors (Lipinski definition) is 0. The molecule has 3 rings (SSSR count). The van der Waals surface area contributed by atoms with Crippen LogP contribution in [0, 0.1) is 10.1 Å². The molecule has 0 fully saturated rings.